The van der Waals surface area contributed by atoms with Gasteiger partial charge < -0.3 is 19.5 Å². The van der Waals surface area contributed by atoms with Crippen LogP contribution in [-0.4, -0.2) is 48.0 Å². The number of anilines is 2. The number of piperazine rings is 1. The first-order chi connectivity index (χ1) is 14.4. The fourth-order valence-electron chi connectivity index (χ4n) is 3.69. The van der Waals surface area contributed by atoms with Crippen LogP contribution in [-0.2, 0) is 4.79 Å². The second-order valence-electron chi connectivity index (χ2n) is 7.24. The summed E-state index contributed by atoms with van der Waals surface area (Å²) in [5.74, 6) is -0.515. The molecule has 4 rings (SSSR count). The zero-order valence-electron chi connectivity index (χ0n) is 16.3. The number of halogens is 1. The zero-order valence-corrected chi connectivity index (χ0v) is 17.1. The second kappa shape index (κ2) is 8.13. The number of H-pyrrole nitrogens is 1. The lowest BCUT2D eigenvalue weighted by Gasteiger charge is -2.41. The number of rotatable bonds is 4. The Bertz CT molecular complexity index is 1200. The molecule has 0 radical (unpaired) electrons. The molecule has 8 nitrogen and oxygen atoms in total. The summed E-state index contributed by atoms with van der Waals surface area (Å²) in [5.41, 5.74) is 3.13. The maximum atomic E-state index is 12.7. The van der Waals surface area contributed by atoms with Crippen LogP contribution in [0, 0.1) is 11.3 Å². The van der Waals surface area contributed by atoms with E-state index >= 15 is 0 Å². The number of hydrogen-bond donors (Lipinski definition) is 2. The third-order valence-electron chi connectivity index (χ3n) is 5.25. The molecular weight excluding hydrogens is 406 g/mol. The number of fused-ring (bicyclic) bond motifs is 1. The van der Waals surface area contributed by atoms with Crippen LogP contribution in [0.1, 0.15) is 12.5 Å². The Morgan fingerprint density at radius 1 is 1.33 bits per heavy atom. The first-order valence-corrected chi connectivity index (χ1v) is 9.93. The monoisotopic (exact) mass is 425 g/mol. The summed E-state index contributed by atoms with van der Waals surface area (Å²) >= 11 is 6.03. The third kappa shape index (κ3) is 3.98. The first-order valence-electron chi connectivity index (χ1n) is 9.55. The van der Waals surface area contributed by atoms with E-state index in [4.69, 9.17) is 16.0 Å². The SMILES string of the molecule is C[C@@H]1CN(C(=O)CNc2ccc3[nH]c(=O)oc3c2)CCN1c1ccc(Cl)c(C#N)c1. The molecular formula is C21H20ClN5O3. The molecule has 1 amide bonds. The number of benzene rings is 2. The summed E-state index contributed by atoms with van der Waals surface area (Å²) in [7, 11) is 0. The highest BCUT2D eigenvalue weighted by atomic mass is 35.5. The van der Waals surface area contributed by atoms with Gasteiger partial charge >= 0.3 is 5.76 Å². The number of nitriles is 1. The number of amides is 1. The van der Waals surface area contributed by atoms with Gasteiger partial charge in [0.1, 0.15) is 6.07 Å². The first kappa shape index (κ1) is 19.9. The number of carbonyl (C=O) groups excluding carboxylic acids is 1. The van der Waals surface area contributed by atoms with Gasteiger partial charge in [0.05, 0.1) is 22.6 Å². The molecule has 154 valence electrons. The standard InChI is InChI=1S/C21H20ClN5O3/c1-13-12-26(6-7-27(13)16-3-4-17(22)14(8-16)10-23)20(28)11-24-15-2-5-18-19(9-15)30-21(29)25-18/h2-5,8-9,13,24H,6-7,11-12H2,1H3,(H,25,29)/t13-/m1/s1. The fraction of sp³-hybridized carbons (Fsp3) is 0.286. The summed E-state index contributed by atoms with van der Waals surface area (Å²) in [6.07, 6.45) is 0. The van der Waals surface area contributed by atoms with Crippen LogP contribution in [0.2, 0.25) is 5.02 Å². The van der Waals surface area contributed by atoms with Crippen molar-refractivity contribution in [3.05, 3.63) is 57.5 Å². The summed E-state index contributed by atoms with van der Waals surface area (Å²) in [5, 5.41) is 12.7. The van der Waals surface area contributed by atoms with Crippen molar-refractivity contribution in [3.8, 4) is 6.07 Å². The lowest BCUT2D eigenvalue weighted by Crippen LogP contribution is -2.54. The lowest BCUT2D eigenvalue weighted by molar-refractivity contribution is -0.130. The van der Waals surface area contributed by atoms with E-state index in [1.54, 1.807) is 30.3 Å². The Kier molecular flexibility index (Phi) is 5.38. The quantitative estimate of drug-likeness (QED) is 0.665. The summed E-state index contributed by atoms with van der Waals surface area (Å²) in [6.45, 7) is 4.03. The molecule has 1 aromatic heterocycles. The molecule has 2 N–H and O–H groups in total. The Balaban J connectivity index is 1.37. The number of carbonyl (C=O) groups is 1. The molecule has 0 bridgehead atoms. The average Bonchev–Trinajstić information content (AvgIpc) is 3.11. The van der Waals surface area contributed by atoms with Gasteiger partial charge in [-0.3, -0.25) is 9.78 Å². The Morgan fingerprint density at radius 2 is 2.17 bits per heavy atom. The predicted octanol–water partition coefficient (Wildman–Crippen LogP) is 2.80. The van der Waals surface area contributed by atoms with Crippen molar-refractivity contribution in [2.75, 3.05) is 36.4 Å². The van der Waals surface area contributed by atoms with E-state index in [-0.39, 0.29) is 18.5 Å². The minimum atomic E-state index is -0.507. The number of aromatic nitrogens is 1. The van der Waals surface area contributed by atoms with Gasteiger partial charge in [0.15, 0.2) is 5.58 Å². The Hall–Kier alpha value is -3.44. The van der Waals surface area contributed by atoms with Crippen LogP contribution in [0.15, 0.2) is 45.6 Å². The van der Waals surface area contributed by atoms with Crippen molar-refractivity contribution in [2.45, 2.75) is 13.0 Å². The number of nitrogens with one attached hydrogen (secondary N) is 2. The van der Waals surface area contributed by atoms with Gasteiger partial charge in [0, 0.05) is 43.1 Å². The highest BCUT2D eigenvalue weighted by Crippen LogP contribution is 2.26. The molecule has 1 atom stereocenters. The maximum absolute atomic E-state index is 12.7. The van der Waals surface area contributed by atoms with Gasteiger partial charge in [-0.15, -0.1) is 0 Å². The minimum Gasteiger partial charge on any atom is -0.408 e. The third-order valence-corrected chi connectivity index (χ3v) is 5.58. The van der Waals surface area contributed by atoms with E-state index in [0.29, 0.717) is 47.0 Å². The molecule has 9 heteroatoms. The van der Waals surface area contributed by atoms with Crippen LogP contribution in [0.3, 0.4) is 0 Å². The number of nitrogens with zero attached hydrogens (tertiary/aromatic N) is 3. The largest absolute Gasteiger partial charge is 0.417 e. The van der Waals surface area contributed by atoms with Crippen molar-refractivity contribution < 1.29 is 9.21 Å². The molecule has 2 aromatic carbocycles. The van der Waals surface area contributed by atoms with Crippen molar-refractivity contribution in [1.29, 1.82) is 5.26 Å². The van der Waals surface area contributed by atoms with Gasteiger partial charge in [-0.05, 0) is 37.3 Å². The predicted molar refractivity (Wildman–Crippen MR) is 115 cm³/mol. The number of hydrogen-bond acceptors (Lipinski definition) is 6. The van der Waals surface area contributed by atoms with Gasteiger partial charge in [-0.25, -0.2) is 4.79 Å². The molecule has 0 unspecified atom stereocenters. The molecule has 0 aliphatic carbocycles. The Morgan fingerprint density at radius 3 is 2.93 bits per heavy atom. The van der Waals surface area contributed by atoms with Crippen molar-refractivity contribution in [2.24, 2.45) is 0 Å². The zero-order chi connectivity index (χ0) is 21.3. The topological polar surface area (TPSA) is 105 Å². The van der Waals surface area contributed by atoms with E-state index in [9.17, 15) is 14.9 Å². The smallest absolute Gasteiger partial charge is 0.408 e. The molecule has 30 heavy (non-hydrogen) atoms. The average molecular weight is 426 g/mol. The molecule has 0 saturated carbocycles. The number of oxazole rings is 1. The molecule has 1 aliphatic heterocycles. The lowest BCUT2D eigenvalue weighted by atomic mass is 10.1. The van der Waals surface area contributed by atoms with Crippen LogP contribution in [0.4, 0.5) is 11.4 Å². The highest BCUT2D eigenvalue weighted by molar-refractivity contribution is 6.31. The normalized spacial score (nSPS) is 16.5. The van der Waals surface area contributed by atoms with Crippen LogP contribution in [0.25, 0.3) is 11.1 Å². The summed E-state index contributed by atoms with van der Waals surface area (Å²) < 4.78 is 5.04. The van der Waals surface area contributed by atoms with Crippen LogP contribution < -0.4 is 16.0 Å². The maximum Gasteiger partial charge on any atom is 0.417 e. The van der Waals surface area contributed by atoms with Crippen molar-refractivity contribution in [3.63, 3.8) is 0 Å². The van der Waals surface area contributed by atoms with Gasteiger partial charge in [0.25, 0.3) is 0 Å². The van der Waals surface area contributed by atoms with E-state index in [0.717, 1.165) is 5.69 Å². The molecule has 3 aromatic rings. The molecule has 0 spiro atoms. The van der Waals surface area contributed by atoms with Crippen LogP contribution >= 0.6 is 11.6 Å². The van der Waals surface area contributed by atoms with E-state index in [1.807, 2.05) is 11.0 Å². The molecule has 1 fully saturated rings. The van der Waals surface area contributed by atoms with Gasteiger partial charge in [-0.2, -0.15) is 5.26 Å². The Labute approximate surface area is 177 Å². The second-order valence-corrected chi connectivity index (χ2v) is 7.64. The summed E-state index contributed by atoms with van der Waals surface area (Å²) in [6, 6.07) is 12.8. The molecule has 2 heterocycles. The van der Waals surface area contributed by atoms with Gasteiger partial charge in [0.2, 0.25) is 5.91 Å². The molecule has 1 saturated heterocycles. The number of aromatic amines is 1. The fourth-order valence-corrected chi connectivity index (χ4v) is 3.85. The molecule has 1 aliphatic rings. The van der Waals surface area contributed by atoms with E-state index in [1.165, 1.54) is 0 Å². The van der Waals surface area contributed by atoms with E-state index in [2.05, 4.69) is 28.2 Å². The highest BCUT2D eigenvalue weighted by Gasteiger charge is 2.27. The van der Waals surface area contributed by atoms with Crippen molar-refractivity contribution >= 4 is 40.0 Å². The van der Waals surface area contributed by atoms with Gasteiger partial charge in [-0.1, -0.05) is 11.6 Å². The van der Waals surface area contributed by atoms with Crippen molar-refractivity contribution in [1.82, 2.24) is 9.88 Å². The van der Waals surface area contributed by atoms with E-state index < -0.39 is 5.76 Å². The van der Waals surface area contributed by atoms with Crippen LogP contribution in [0.5, 0.6) is 0 Å². The summed E-state index contributed by atoms with van der Waals surface area (Å²) in [4.78, 5) is 30.5. The minimum absolute atomic E-state index is 0.00839.